The summed E-state index contributed by atoms with van der Waals surface area (Å²) in [6.45, 7) is 2.52. The van der Waals surface area contributed by atoms with Crippen molar-refractivity contribution in [2.45, 2.75) is 48.1 Å². The third-order valence-electron chi connectivity index (χ3n) is 7.05. The van der Waals surface area contributed by atoms with Crippen LogP contribution in [0.15, 0.2) is 70.6 Å². The molecule has 1 aliphatic heterocycles. The van der Waals surface area contributed by atoms with Crippen LogP contribution in [0.2, 0.25) is 0 Å². The first-order valence-electron chi connectivity index (χ1n) is 12.1. The smallest absolute Gasteiger partial charge is 0.245 e. The molecule has 0 spiro atoms. The van der Waals surface area contributed by atoms with Crippen molar-refractivity contribution in [3.63, 3.8) is 0 Å². The second kappa shape index (κ2) is 9.61. The summed E-state index contributed by atoms with van der Waals surface area (Å²) >= 11 is 0. The lowest BCUT2D eigenvalue weighted by molar-refractivity contribution is 0.150. The van der Waals surface area contributed by atoms with Gasteiger partial charge in [0.25, 0.3) is 0 Å². The number of sulfonamides is 1. The van der Waals surface area contributed by atoms with Crippen LogP contribution in [0.3, 0.4) is 0 Å². The molecule has 0 atom stereocenters. The van der Waals surface area contributed by atoms with Crippen LogP contribution < -0.4 is 0 Å². The van der Waals surface area contributed by atoms with E-state index in [0.717, 1.165) is 23.8 Å². The second-order valence-electron chi connectivity index (χ2n) is 9.74. The Bertz CT molecular complexity index is 1420. The average molecular weight is 514 g/mol. The zero-order valence-corrected chi connectivity index (χ0v) is 21.5. The van der Waals surface area contributed by atoms with Crippen molar-refractivity contribution < 1.29 is 16.8 Å². The maximum Gasteiger partial charge on any atom is 0.245 e. The fourth-order valence-corrected chi connectivity index (χ4v) is 7.87. The molecule has 2 fully saturated rings. The third-order valence-corrected chi connectivity index (χ3v) is 10.2. The minimum absolute atomic E-state index is 0.0824. The summed E-state index contributed by atoms with van der Waals surface area (Å²) in [5, 5.41) is 0.819. The van der Waals surface area contributed by atoms with E-state index in [1.54, 1.807) is 34.8 Å². The summed E-state index contributed by atoms with van der Waals surface area (Å²) < 4.78 is 54.0. The molecule has 7 nitrogen and oxygen atoms in total. The first-order chi connectivity index (χ1) is 16.7. The van der Waals surface area contributed by atoms with Crippen molar-refractivity contribution in [3.8, 4) is 0 Å². The van der Waals surface area contributed by atoms with Gasteiger partial charge in [-0.2, -0.15) is 4.31 Å². The van der Waals surface area contributed by atoms with Gasteiger partial charge in [0.05, 0.1) is 10.4 Å². The number of aromatic nitrogens is 1. The summed E-state index contributed by atoms with van der Waals surface area (Å²) in [4.78, 5) is 7.26. The maximum absolute atomic E-state index is 13.9. The highest BCUT2D eigenvalue weighted by Gasteiger charge is 2.38. The van der Waals surface area contributed by atoms with E-state index in [9.17, 15) is 16.8 Å². The van der Waals surface area contributed by atoms with Crippen LogP contribution in [0, 0.1) is 5.92 Å². The van der Waals surface area contributed by atoms with Gasteiger partial charge in [0, 0.05) is 50.1 Å². The fourth-order valence-electron chi connectivity index (χ4n) is 5.01. The molecule has 0 radical (unpaired) electrons. The number of likely N-dealkylation sites (tertiary alicyclic amines) is 1. The quantitative estimate of drug-likeness (QED) is 0.456. The number of rotatable bonds is 8. The number of piperidine rings is 1. The summed E-state index contributed by atoms with van der Waals surface area (Å²) in [6.07, 6.45) is 6.44. The van der Waals surface area contributed by atoms with Gasteiger partial charge in [-0.15, -0.1) is 0 Å². The van der Waals surface area contributed by atoms with Crippen molar-refractivity contribution in [2.75, 3.05) is 25.9 Å². The van der Waals surface area contributed by atoms with Gasteiger partial charge in [-0.25, -0.2) is 16.8 Å². The van der Waals surface area contributed by atoms with Crippen molar-refractivity contribution in [1.29, 1.82) is 0 Å². The lowest BCUT2D eigenvalue weighted by atomic mass is 10.0. The highest BCUT2D eigenvalue weighted by Crippen LogP contribution is 2.35. The number of para-hydroxylation sites is 1. The van der Waals surface area contributed by atoms with Gasteiger partial charge in [0.2, 0.25) is 10.0 Å². The van der Waals surface area contributed by atoms with E-state index in [1.165, 1.54) is 6.26 Å². The predicted octanol–water partition coefficient (Wildman–Crippen LogP) is 3.70. The maximum atomic E-state index is 13.9. The molecule has 2 aromatic carbocycles. The fraction of sp³-hybridized carbons (Fsp3) is 0.423. The van der Waals surface area contributed by atoms with E-state index in [4.69, 9.17) is 0 Å². The van der Waals surface area contributed by atoms with Crippen molar-refractivity contribution >= 4 is 30.8 Å². The molecular weight excluding hydrogens is 482 g/mol. The molecule has 0 amide bonds. The van der Waals surface area contributed by atoms with Gasteiger partial charge in [-0.1, -0.05) is 36.4 Å². The molecule has 5 rings (SSSR count). The van der Waals surface area contributed by atoms with Gasteiger partial charge in [-0.3, -0.25) is 9.88 Å². The van der Waals surface area contributed by atoms with Gasteiger partial charge in [0.15, 0.2) is 9.84 Å². The molecule has 1 saturated heterocycles. The SMILES string of the molecule is CS(=O)(=O)c1ccccc1CN1CCC(N(CC2CC2)S(=O)(=O)c2cccc3cccnc23)CC1. The molecule has 1 aliphatic carbocycles. The van der Waals surface area contributed by atoms with Crippen LogP contribution in [0.4, 0.5) is 0 Å². The molecule has 0 N–H and O–H groups in total. The van der Waals surface area contributed by atoms with Gasteiger partial charge in [-0.05, 0) is 55.4 Å². The zero-order valence-electron chi connectivity index (χ0n) is 19.9. The summed E-state index contributed by atoms with van der Waals surface area (Å²) in [6, 6.07) is 16.1. The molecule has 2 aliphatic rings. The van der Waals surface area contributed by atoms with E-state index < -0.39 is 19.9 Å². The molecule has 3 aromatic rings. The van der Waals surface area contributed by atoms with Crippen LogP contribution in [-0.4, -0.2) is 63.0 Å². The monoisotopic (exact) mass is 513 g/mol. The number of hydrogen-bond donors (Lipinski definition) is 0. The normalized spacial score (nSPS) is 18.3. The molecule has 2 heterocycles. The topological polar surface area (TPSA) is 87.7 Å². The third kappa shape index (κ3) is 5.28. The Balaban J connectivity index is 1.36. The van der Waals surface area contributed by atoms with Crippen LogP contribution in [0.25, 0.3) is 10.9 Å². The Kier molecular flexibility index (Phi) is 6.69. The molecule has 1 aromatic heterocycles. The molecular formula is C26H31N3O4S2. The lowest BCUT2D eigenvalue weighted by Crippen LogP contribution is -2.48. The summed E-state index contributed by atoms with van der Waals surface area (Å²) in [7, 11) is -7.01. The molecule has 1 saturated carbocycles. The Morgan fingerprint density at radius 2 is 1.57 bits per heavy atom. The van der Waals surface area contributed by atoms with Crippen molar-refractivity contribution in [1.82, 2.24) is 14.2 Å². The number of fused-ring (bicyclic) bond motifs is 1. The predicted molar refractivity (Wildman–Crippen MR) is 136 cm³/mol. The highest BCUT2D eigenvalue weighted by molar-refractivity contribution is 7.90. The van der Waals surface area contributed by atoms with Gasteiger partial charge < -0.3 is 0 Å². The first-order valence-corrected chi connectivity index (χ1v) is 15.4. The van der Waals surface area contributed by atoms with Crippen LogP contribution in [0.1, 0.15) is 31.2 Å². The summed E-state index contributed by atoms with van der Waals surface area (Å²) in [5.74, 6) is 0.423. The number of hydrogen-bond acceptors (Lipinski definition) is 6. The van der Waals surface area contributed by atoms with Crippen molar-refractivity contribution in [2.24, 2.45) is 5.92 Å². The number of nitrogens with zero attached hydrogens (tertiary/aromatic N) is 3. The van der Waals surface area contributed by atoms with E-state index >= 15 is 0 Å². The number of benzene rings is 2. The van der Waals surface area contributed by atoms with Crippen LogP contribution in [0.5, 0.6) is 0 Å². The van der Waals surface area contributed by atoms with E-state index in [2.05, 4.69) is 9.88 Å². The minimum atomic E-state index is -3.71. The Hall–Kier alpha value is -2.33. The average Bonchev–Trinajstić information content (AvgIpc) is 3.67. The number of sulfone groups is 1. The molecule has 186 valence electrons. The molecule has 35 heavy (non-hydrogen) atoms. The summed E-state index contributed by atoms with van der Waals surface area (Å²) in [5.41, 5.74) is 1.31. The van der Waals surface area contributed by atoms with E-state index in [1.807, 2.05) is 30.3 Å². The second-order valence-corrected chi connectivity index (χ2v) is 13.6. The molecule has 0 bridgehead atoms. The Morgan fingerprint density at radius 3 is 2.29 bits per heavy atom. The minimum Gasteiger partial charge on any atom is -0.299 e. The molecule has 0 unspecified atom stereocenters. The zero-order chi connectivity index (χ0) is 24.6. The van der Waals surface area contributed by atoms with Crippen molar-refractivity contribution in [3.05, 3.63) is 66.4 Å². The van der Waals surface area contributed by atoms with Gasteiger partial charge in [0.1, 0.15) is 4.90 Å². The largest absolute Gasteiger partial charge is 0.299 e. The lowest BCUT2D eigenvalue weighted by Gasteiger charge is -2.38. The highest BCUT2D eigenvalue weighted by atomic mass is 32.2. The Labute approximate surface area is 207 Å². The van der Waals surface area contributed by atoms with Crippen LogP contribution >= 0.6 is 0 Å². The van der Waals surface area contributed by atoms with E-state index in [0.29, 0.717) is 55.4 Å². The van der Waals surface area contributed by atoms with Gasteiger partial charge >= 0.3 is 0 Å². The number of pyridine rings is 1. The molecule has 9 heteroatoms. The first kappa shape index (κ1) is 24.4. The van der Waals surface area contributed by atoms with E-state index in [-0.39, 0.29) is 10.9 Å². The standard InChI is InChI=1S/C26H31N3O4S2/c1-34(30,31)24-9-3-2-6-22(24)19-28-16-13-23(14-17-28)29(18-20-11-12-20)35(32,33)25-10-4-7-21-8-5-15-27-26(21)25/h2-10,15,20,23H,11-14,16-19H2,1H3. The Morgan fingerprint density at radius 1 is 0.886 bits per heavy atom. The van der Waals surface area contributed by atoms with Crippen LogP contribution in [-0.2, 0) is 26.4 Å².